The first-order valence-electron chi connectivity index (χ1n) is 15.1. The molecule has 0 aliphatic rings. The van der Waals surface area contributed by atoms with Gasteiger partial charge in [-0.3, -0.25) is 5.32 Å². The molecule has 3 heteroatoms. The normalized spacial score (nSPS) is 13.5. The Morgan fingerprint density at radius 3 is 1.83 bits per heavy atom. The number of nitrogens with one attached hydrogen (secondary N) is 1. The van der Waals surface area contributed by atoms with E-state index in [-0.39, 0.29) is 17.1 Å². The quantitative estimate of drug-likeness (QED) is 0.211. The van der Waals surface area contributed by atoms with Crippen molar-refractivity contribution in [2.45, 2.75) is 79.4 Å². The summed E-state index contributed by atoms with van der Waals surface area (Å²) in [4.78, 5) is 0. The summed E-state index contributed by atoms with van der Waals surface area (Å²) < 4.78 is 6.77. The highest BCUT2D eigenvalue weighted by Gasteiger charge is 2.25. The van der Waals surface area contributed by atoms with Gasteiger partial charge in [-0.15, -0.1) is 0 Å². The molecule has 42 heavy (non-hydrogen) atoms. The van der Waals surface area contributed by atoms with E-state index in [2.05, 4.69) is 164 Å². The summed E-state index contributed by atoms with van der Waals surface area (Å²) >= 11 is 0. The van der Waals surface area contributed by atoms with E-state index in [1.807, 2.05) is 7.05 Å². The van der Waals surface area contributed by atoms with Crippen LogP contribution in [0.4, 0.5) is 5.69 Å². The molecule has 4 aromatic carbocycles. The van der Waals surface area contributed by atoms with E-state index in [0.29, 0.717) is 0 Å². The minimum atomic E-state index is -0.345. The molecule has 0 bridgehead atoms. The number of quaternary nitrogens is 1. The van der Waals surface area contributed by atoms with Gasteiger partial charge < -0.3 is 10.1 Å². The molecule has 0 fully saturated rings. The Labute approximate surface area is 254 Å². The Hall–Kier alpha value is -3.66. The molecule has 0 amide bonds. The summed E-state index contributed by atoms with van der Waals surface area (Å²) in [6.07, 6.45) is 0. The molecular formula is C39H49N2O+. The first kappa shape index (κ1) is 31.3. The Bertz CT molecular complexity index is 1530. The van der Waals surface area contributed by atoms with Gasteiger partial charge in [0, 0.05) is 35.2 Å². The second kappa shape index (κ2) is 12.7. The van der Waals surface area contributed by atoms with Gasteiger partial charge in [-0.25, -0.2) is 0 Å². The number of aryl methyl sites for hydroxylation is 1. The van der Waals surface area contributed by atoms with Crippen molar-refractivity contribution in [2.75, 3.05) is 7.05 Å². The van der Waals surface area contributed by atoms with Crippen LogP contribution in [0.15, 0.2) is 96.7 Å². The first-order chi connectivity index (χ1) is 19.8. The number of para-hydroxylation sites is 1. The third kappa shape index (κ3) is 7.40. The molecular weight excluding hydrogens is 512 g/mol. The fourth-order valence-electron chi connectivity index (χ4n) is 5.38. The summed E-state index contributed by atoms with van der Waals surface area (Å²) in [6.45, 7) is 19.8. The lowest BCUT2D eigenvalue weighted by molar-refractivity contribution is -0.516. The van der Waals surface area contributed by atoms with Crippen molar-refractivity contribution < 1.29 is 10.1 Å². The molecule has 0 aliphatic carbocycles. The Balaban J connectivity index is 1.88. The molecule has 3 N–H and O–H groups in total. The fourth-order valence-corrected chi connectivity index (χ4v) is 5.38. The summed E-state index contributed by atoms with van der Waals surface area (Å²) in [5.41, 5.74) is 11.8. The van der Waals surface area contributed by atoms with Crippen LogP contribution in [0.2, 0.25) is 0 Å². The zero-order valence-corrected chi connectivity index (χ0v) is 27.2. The number of ether oxygens (including phenoxy) is 1. The van der Waals surface area contributed by atoms with Crippen LogP contribution in [0, 0.1) is 6.92 Å². The van der Waals surface area contributed by atoms with Crippen LogP contribution >= 0.6 is 0 Å². The number of hydrogen-bond acceptors (Lipinski definition) is 2. The van der Waals surface area contributed by atoms with Crippen LogP contribution < -0.4 is 15.4 Å². The van der Waals surface area contributed by atoms with Crippen molar-refractivity contribution in [1.29, 1.82) is 0 Å². The van der Waals surface area contributed by atoms with Crippen molar-refractivity contribution in [3.63, 3.8) is 0 Å². The number of likely N-dealkylation sites (N-methyl/N-ethyl adjacent to an activating group) is 1. The summed E-state index contributed by atoms with van der Waals surface area (Å²) in [7, 11) is 2.03. The molecule has 3 nitrogen and oxygen atoms in total. The average molecular weight is 562 g/mol. The van der Waals surface area contributed by atoms with Gasteiger partial charge in [0.25, 0.3) is 0 Å². The van der Waals surface area contributed by atoms with E-state index < -0.39 is 0 Å². The maximum absolute atomic E-state index is 6.77. The number of benzene rings is 4. The standard InChI is InChI=1S/C39H48N2O/c1-26-16-14-15-19-35(26)41-28(3)36(27(2)40-10)31-22-20-30(21-23-31)34-25-32(38(4,5)6)24-33(29-17-12-11-13-18-29)37(34)42-39(7,8)9/h11-25,27,40-41H,1-10H3/p+1. The molecule has 0 aliphatic heterocycles. The SMILES string of the molecule is CNC(C)C(=C(C)[NH2+]c1ccccc1C)c1ccc(-c2cc(C(C)(C)C)cc(-c3ccccc3)c2OC(C)(C)C)cc1. The lowest BCUT2D eigenvalue weighted by Gasteiger charge is -2.29. The van der Waals surface area contributed by atoms with Crippen LogP contribution in [-0.2, 0) is 5.41 Å². The third-order valence-electron chi connectivity index (χ3n) is 7.81. The topological polar surface area (TPSA) is 37.9 Å². The number of rotatable bonds is 8. The molecule has 4 rings (SSSR count). The Morgan fingerprint density at radius 1 is 0.762 bits per heavy atom. The van der Waals surface area contributed by atoms with Crippen LogP contribution in [0.1, 0.15) is 72.1 Å². The largest absolute Gasteiger partial charge is 0.487 e. The Morgan fingerprint density at radius 2 is 1.31 bits per heavy atom. The number of allylic oxidation sites excluding steroid dienone is 1. The van der Waals surface area contributed by atoms with Gasteiger partial charge in [0.1, 0.15) is 22.7 Å². The highest BCUT2D eigenvalue weighted by Crippen LogP contribution is 2.44. The third-order valence-corrected chi connectivity index (χ3v) is 7.81. The van der Waals surface area contributed by atoms with Gasteiger partial charge in [-0.2, -0.15) is 0 Å². The van der Waals surface area contributed by atoms with E-state index in [0.717, 1.165) is 28.0 Å². The van der Waals surface area contributed by atoms with Crippen LogP contribution in [-0.4, -0.2) is 18.7 Å². The molecule has 0 aromatic heterocycles. The van der Waals surface area contributed by atoms with Gasteiger partial charge in [0.2, 0.25) is 0 Å². The highest BCUT2D eigenvalue weighted by molar-refractivity contribution is 5.84. The van der Waals surface area contributed by atoms with E-state index in [4.69, 9.17) is 4.74 Å². The minimum Gasteiger partial charge on any atom is -0.487 e. The zero-order valence-electron chi connectivity index (χ0n) is 27.2. The second-order valence-corrected chi connectivity index (χ2v) is 13.4. The summed E-state index contributed by atoms with van der Waals surface area (Å²) in [5, 5.41) is 5.78. The van der Waals surface area contributed by atoms with E-state index in [9.17, 15) is 0 Å². The summed E-state index contributed by atoms with van der Waals surface area (Å²) in [6, 6.07) is 33.0. The van der Waals surface area contributed by atoms with Gasteiger partial charge in [-0.05, 0) is 87.5 Å². The highest BCUT2D eigenvalue weighted by atomic mass is 16.5. The minimum absolute atomic E-state index is 0.0147. The van der Waals surface area contributed by atoms with Crippen molar-refractivity contribution in [3.8, 4) is 28.0 Å². The molecule has 0 saturated heterocycles. The number of nitrogens with two attached hydrogens (primary N) is 1. The first-order valence-corrected chi connectivity index (χ1v) is 15.1. The van der Waals surface area contributed by atoms with Crippen molar-refractivity contribution in [2.24, 2.45) is 0 Å². The molecule has 0 spiro atoms. The van der Waals surface area contributed by atoms with E-state index >= 15 is 0 Å². The smallest absolute Gasteiger partial charge is 0.137 e. The van der Waals surface area contributed by atoms with Crippen molar-refractivity contribution in [1.82, 2.24) is 5.32 Å². The molecule has 1 atom stereocenters. The average Bonchev–Trinajstić information content (AvgIpc) is 2.94. The molecule has 0 saturated carbocycles. The molecule has 1 unspecified atom stereocenters. The lowest BCUT2D eigenvalue weighted by Crippen LogP contribution is -2.76. The van der Waals surface area contributed by atoms with Crippen LogP contribution in [0.5, 0.6) is 5.75 Å². The van der Waals surface area contributed by atoms with Gasteiger partial charge >= 0.3 is 0 Å². The number of hydrogen-bond donors (Lipinski definition) is 2. The van der Waals surface area contributed by atoms with Gasteiger partial charge in [-0.1, -0.05) is 93.6 Å². The molecule has 4 aromatic rings. The monoisotopic (exact) mass is 561 g/mol. The summed E-state index contributed by atoms with van der Waals surface area (Å²) in [5.74, 6) is 0.929. The maximum Gasteiger partial charge on any atom is 0.137 e. The van der Waals surface area contributed by atoms with Gasteiger partial charge in [0.15, 0.2) is 0 Å². The van der Waals surface area contributed by atoms with Crippen molar-refractivity contribution >= 4 is 11.3 Å². The predicted octanol–water partition coefficient (Wildman–Crippen LogP) is 9.04. The Kier molecular flexibility index (Phi) is 9.45. The lowest BCUT2D eigenvalue weighted by atomic mass is 9.82. The van der Waals surface area contributed by atoms with Crippen molar-refractivity contribution in [3.05, 3.63) is 113 Å². The van der Waals surface area contributed by atoms with E-state index in [1.165, 1.54) is 33.6 Å². The second-order valence-electron chi connectivity index (χ2n) is 13.4. The molecule has 0 heterocycles. The fraction of sp³-hybridized carbons (Fsp3) is 0.333. The van der Waals surface area contributed by atoms with Gasteiger partial charge in [0.05, 0.1) is 0 Å². The van der Waals surface area contributed by atoms with Crippen LogP contribution in [0.3, 0.4) is 0 Å². The molecule has 0 radical (unpaired) electrons. The zero-order chi connectivity index (χ0) is 30.7. The predicted molar refractivity (Wildman–Crippen MR) is 180 cm³/mol. The maximum atomic E-state index is 6.77. The van der Waals surface area contributed by atoms with Crippen LogP contribution in [0.25, 0.3) is 27.8 Å². The van der Waals surface area contributed by atoms with E-state index in [1.54, 1.807) is 0 Å². The molecule has 220 valence electrons.